The van der Waals surface area contributed by atoms with Crippen LogP contribution in [0.3, 0.4) is 0 Å². The molecule has 1 atom stereocenters. The Bertz CT molecular complexity index is 685. The van der Waals surface area contributed by atoms with E-state index in [4.69, 9.17) is 26.8 Å². The van der Waals surface area contributed by atoms with Crippen molar-refractivity contribution in [2.45, 2.75) is 19.9 Å². The van der Waals surface area contributed by atoms with Crippen LogP contribution >= 0.6 is 11.6 Å². The zero-order chi connectivity index (χ0) is 15.0. The predicted molar refractivity (Wildman–Crippen MR) is 84.4 cm³/mol. The molecule has 0 bridgehead atoms. The Hall–Kier alpha value is -1.71. The maximum Gasteiger partial charge on any atom is 0.161 e. The standard InChI is InChI=1S/C17H18ClNO2/c1-10-8-14(18)11(2)7-13(10)17(19)12-3-4-15-16(9-12)21-6-5-20-15/h3-4,7-9,17H,5-6,19H2,1-2H3. The zero-order valence-electron chi connectivity index (χ0n) is 12.2. The fourth-order valence-corrected chi connectivity index (χ4v) is 2.79. The van der Waals surface area contributed by atoms with Gasteiger partial charge in [0.05, 0.1) is 6.04 Å². The molecular weight excluding hydrogens is 286 g/mol. The highest BCUT2D eigenvalue weighted by molar-refractivity contribution is 6.31. The summed E-state index contributed by atoms with van der Waals surface area (Å²) >= 11 is 6.15. The van der Waals surface area contributed by atoms with Crippen molar-refractivity contribution in [3.8, 4) is 11.5 Å². The molecule has 2 aromatic rings. The first kappa shape index (κ1) is 14.2. The lowest BCUT2D eigenvalue weighted by atomic mass is 9.94. The predicted octanol–water partition coefficient (Wildman–Crippen LogP) is 3.78. The van der Waals surface area contributed by atoms with Crippen molar-refractivity contribution in [3.05, 3.63) is 57.6 Å². The van der Waals surface area contributed by atoms with Gasteiger partial charge in [0.2, 0.25) is 0 Å². The van der Waals surface area contributed by atoms with Crippen LogP contribution in [0, 0.1) is 13.8 Å². The van der Waals surface area contributed by atoms with Gasteiger partial charge in [-0.3, -0.25) is 0 Å². The lowest BCUT2D eigenvalue weighted by Gasteiger charge is -2.21. The number of fused-ring (bicyclic) bond motifs is 1. The molecule has 0 saturated heterocycles. The Labute approximate surface area is 129 Å². The maximum atomic E-state index is 6.43. The van der Waals surface area contributed by atoms with Crippen molar-refractivity contribution in [3.63, 3.8) is 0 Å². The van der Waals surface area contributed by atoms with Gasteiger partial charge in [-0.05, 0) is 54.3 Å². The molecule has 0 fully saturated rings. The summed E-state index contributed by atoms with van der Waals surface area (Å²) in [6.45, 7) is 5.18. The minimum absolute atomic E-state index is 0.211. The van der Waals surface area contributed by atoms with E-state index in [0.717, 1.165) is 38.8 Å². The Morgan fingerprint density at radius 2 is 1.71 bits per heavy atom. The second-order valence-corrected chi connectivity index (χ2v) is 5.75. The molecule has 0 aliphatic carbocycles. The SMILES string of the molecule is Cc1cc(C(N)c2ccc3c(c2)OCCO3)c(C)cc1Cl. The Balaban J connectivity index is 1.98. The van der Waals surface area contributed by atoms with Crippen LogP contribution in [0.1, 0.15) is 28.3 Å². The lowest BCUT2D eigenvalue weighted by Crippen LogP contribution is -2.17. The largest absolute Gasteiger partial charge is 0.486 e. The molecule has 3 nitrogen and oxygen atoms in total. The molecule has 0 amide bonds. The minimum Gasteiger partial charge on any atom is -0.486 e. The van der Waals surface area contributed by atoms with Crippen molar-refractivity contribution in [1.82, 2.24) is 0 Å². The minimum atomic E-state index is -0.211. The smallest absolute Gasteiger partial charge is 0.161 e. The fraction of sp³-hybridized carbons (Fsp3) is 0.294. The number of hydrogen-bond donors (Lipinski definition) is 1. The molecule has 110 valence electrons. The van der Waals surface area contributed by atoms with E-state index < -0.39 is 0 Å². The average Bonchev–Trinajstić information content (AvgIpc) is 2.50. The quantitative estimate of drug-likeness (QED) is 0.918. The number of rotatable bonds is 2. The lowest BCUT2D eigenvalue weighted by molar-refractivity contribution is 0.171. The molecule has 0 spiro atoms. The van der Waals surface area contributed by atoms with E-state index in [1.165, 1.54) is 0 Å². The summed E-state index contributed by atoms with van der Waals surface area (Å²) in [7, 11) is 0. The third kappa shape index (κ3) is 2.71. The maximum absolute atomic E-state index is 6.43. The van der Waals surface area contributed by atoms with Gasteiger partial charge in [-0.15, -0.1) is 0 Å². The zero-order valence-corrected chi connectivity index (χ0v) is 12.9. The molecular formula is C17H18ClNO2. The van der Waals surface area contributed by atoms with Gasteiger partial charge in [0.1, 0.15) is 13.2 Å². The highest BCUT2D eigenvalue weighted by Crippen LogP contribution is 2.35. The second kappa shape index (κ2) is 5.58. The van der Waals surface area contributed by atoms with Crippen LogP contribution in [0.15, 0.2) is 30.3 Å². The number of nitrogens with two attached hydrogens (primary N) is 1. The highest BCUT2D eigenvalue weighted by Gasteiger charge is 2.17. The van der Waals surface area contributed by atoms with Crippen LogP contribution in [0.25, 0.3) is 0 Å². The van der Waals surface area contributed by atoms with Crippen LogP contribution in [-0.2, 0) is 0 Å². The molecule has 3 rings (SSSR count). The van der Waals surface area contributed by atoms with Gasteiger partial charge in [0, 0.05) is 5.02 Å². The van der Waals surface area contributed by atoms with Crippen LogP contribution in [0.2, 0.25) is 5.02 Å². The Morgan fingerprint density at radius 3 is 2.48 bits per heavy atom. The van der Waals surface area contributed by atoms with Crippen molar-refractivity contribution in [2.75, 3.05) is 13.2 Å². The molecule has 4 heteroatoms. The molecule has 0 saturated carbocycles. The topological polar surface area (TPSA) is 44.5 Å². The van der Waals surface area contributed by atoms with Crippen LogP contribution in [0.5, 0.6) is 11.5 Å². The van der Waals surface area contributed by atoms with Crippen LogP contribution in [0.4, 0.5) is 0 Å². The number of hydrogen-bond acceptors (Lipinski definition) is 3. The molecule has 1 unspecified atom stereocenters. The first-order valence-electron chi connectivity index (χ1n) is 6.98. The molecule has 21 heavy (non-hydrogen) atoms. The third-order valence-corrected chi connectivity index (χ3v) is 4.21. The molecule has 0 radical (unpaired) electrons. The summed E-state index contributed by atoms with van der Waals surface area (Å²) in [4.78, 5) is 0. The average molecular weight is 304 g/mol. The third-order valence-electron chi connectivity index (χ3n) is 3.81. The van der Waals surface area contributed by atoms with E-state index in [9.17, 15) is 0 Å². The molecule has 1 aliphatic heterocycles. The highest BCUT2D eigenvalue weighted by atomic mass is 35.5. The van der Waals surface area contributed by atoms with Gasteiger partial charge in [-0.2, -0.15) is 0 Å². The number of aryl methyl sites for hydroxylation is 2. The van der Waals surface area contributed by atoms with E-state index >= 15 is 0 Å². The summed E-state index contributed by atoms with van der Waals surface area (Å²) in [5, 5.41) is 0.769. The first-order chi connectivity index (χ1) is 10.1. The molecule has 1 heterocycles. The first-order valence-corrected chi connectivity index (χ1v) is 7.36. The number of ether oxygens (including phenoxy) is 2. The van der Waals surface area contributed by atoms with Gasteiger partial charge in [-0.25, -0.2) is 0 Å². The van der Waals surface area contributed by atoms with E-state index in [1.54, 1.807) is 0 Å². The van der Waals surface area contributed by atoms with E-state index in [-0.39, 0.29) is 6.04 Å². The van der Waals surface area contributed by atoms with Gasteiger partial charge < -0.3 is 15.2 Å². The van der Waals surface area contributed by atoms with Gasteiger partial charge in [-0.1, -0.05) is 23.7 Å². The van der Waals surface area contributed by atoms with Gasteiger partial charge in [0.15, 0.2) is 11.5 Å². The Morgan fingerprint density at radius 1 is 1.00 bits per heavy atom. The van der Waals surface area contributed by atoms with Gasteiger partial charge in [0.25, 0.3) is 0 Å². The summed E-state index contributed by atoms with van der Waals surface area (Å²) in [6, 6.07) is 9.67. The van der Waals surface area contributed by atoms with E-state index in [1.807, 2.05) is 38.1 Å². The normalized spacial score (nSPS) is 14.9. The molecule has 2 N–H and O–H groups in total. The summed E-state index contributed by atoms with van der Waals surface area (Å²) in [5.74, 6) is 1.54. The molecule has 1 aliphatic rings. The Kier molecular flexibility index (Phi) is 3.79. The fourth-order valence-electron chi connectivity index (χ4n) is 2.57. The van der Waals surface area contributed by atoms with Crippen molar-refractivity contribution in [1.29, 1.82) is 0 Å². The summed E-state index contributed by atoms with van der Waals surface area (Å²) in [6.07, 6.45) is 0. The van der Waals surface area contributed by atoms with Crippen molar-refractivity contribution in [2.24, 2.45) is 5.73 Å². The van der Waals surface area contributed by atoms with Crippen LogP contribution < -0.4 is 15.2 Å². The monoisotopic (exact) mass is 303 g/mol. The summed E-state index contributed by atoms with van der Waals surface area (Å²) in [5.41, 5.74) is 10.6. The van der Waals surface area contributed by atoms with E-state index in [2.05, 4.69) is 6.07 Å². The second-order valence-electron chi connectivity index (χ2n) is 5.34. The number of halogens is 1. The molecule has 2 aromatic carbocycles. The van der Waals surface area contributed by atoms with Crippen molar-refractivity contribution >= 4 is 11.6 Å². The number of benzene rings is 2. The van der Waals surface area contributed by atoms with Gasteiger partial charge >= 0.3 is 0 Å². The van der Waals surface area contributed by atoms with E-state index in [0.29, 0.717) is 13.2 Å². The van der Waals surface area contributed by atoms with Crippen molar-refractivity contribution < 1.29 is 9.47 Å². The molecule has 0 aromatic heterocycles. The summed E-state index contributed by atoms with van der Waals surface area (Å²) < 4.78 is 11.2. The van der Waals surface area contributed by atoms with Crippen LogP contribution in [-0.4, -0.2) is 13.2 Å².